The summed E-state index contributed by atoms with van der Waals surface area (Å²) in [5.74, 6) is 0. The van der Waals surface area contributed by atoms with Crippen LogP contribution < -0.4 is 5.43 Å². The zero-order valence-electron chi connectivity index (χ0n) is 8.41. The summed E-state index contributed by atoms with van der Waals surface area (Å²) < 4.78 is 0.568. The van der Waals surface area contributed by atoms with E-state index in [4.69, 9.17) is 12.2 Å². The molecule has 0 aliphatic heterocycles. The molecule has 1 aromatic carbocycles. The molecule has 1 rings (SSSR count). The Kier molecular flexibility index (Phi) is 4.87. The lowest BCUT2D eigenvalue weighted by Crippen LogP contribution is -2.10. The van der Waals surface area contributed by atoms with E-state index in [1.54, 1.807) is 18.3 Å². The first kappa shape index (κ1) is 12.6. The summed E-state index contributed by atoms with van der Waals surface area (Å²) in [5.41, 5.74) is 3.47. The van der Waals surface area contributed by atoms with Crippen LogP contribution in [0.1, 0.15) is 5.56 Å². The molecule has 0 spiro atoms. The average molecular weight is 255 g/mol. The Balaban J connectivity index is 2.61. The van der Waals surface area contributed by atoms with Gasteiger partial charge in [0.25, 0.3) is 5.69 Å². The largest absolute Gasteiger partial charge is 0.269 e. The lowest BCUT2D eigenvalue weighted by Gasteiger charge is -1.96. The molecule has 1 aromatic rings. The Morgan fingerprint density at radius 2 is 2.19 bits per heavy atom. The molecule has 84 valence electrons. The lowest BCUT2D eigenvalue weighted by molar-refractivity contribution is -0.384. The van der Waals surface area contributed by atoms with Crippen molar-refractivity contribution in [3.63, 3.8) is 0 Å². The number of benzene rings is 1. The summed E-state index contributed by atoms with van der Waals surface area (Å²) in [4.78, 5) is 9.95. The highest BCUT2D eigenvalue weighted by atomic mass is 32.2. The molecular weight excluding hydrogens is 246 g/mol. The molecule has 0 heterocycles. The molecule has 0 aliphatic rings. The van der Waals surface area contributed by atoms with E-state index in [0.717, 1.165) is 5.56 Å². The van der Waals surface area contributed by atoms with Crippen LogP contribution in [0.3, 0.4) is 0 Å². The molecule has 0 aromatic heterocycles. The van der Waals surface area contributed by atoms with Crippen LogP contribution in [0.2, 0.25) is 0 Å². The number of thiocarbonyl (C=S) groups is 1. The second-order valence-corrected chi connectivity index (χ2v) is 4.19. The molecule has 0 bridgehead atoms. The van der Waals surface area contributed by atoms with Gasteiger partial charge in [-0.1, -0.05) is 24.0 Å². The van der Waals surface area contributed by atoms with Crippen LogP contribution in [-0.2, 0) is 0 Å². The maximum atomic E-state index is 10.4. The summed E-state index contributed by atoms with van der Waals surface area (Å²) in [7, 11) is 0. The van der Waals surface area contributed by atoms with E-state index in [2.05, 4.69) is 10.5 Å². The average Bonchev–Trinajstić information content (AvgIpc) is 2.29. The molecule has 0 unspecified atom stereocenters. The van der Waals surface area contributed by atoms with Gasteiger partial charge in [0, 0.05) is 12.1 Å². The van der Waals surface area contributed by atoms with E-state index >= 15 is 0 Å². The first-order valence-corrected chi connectivity index (χ1v) is 5.88. The normalized spacial score (nSPS) is 10.3. The van der Waals surface area contributed by atoms with Crippen LogP contribution in [0.5, 0.6) is 0 Å². The Bertz CT molecular complexity index is 417. The van der Waals surface area contributed by atoms with Crippen molar-refractivity contribution in [2.24, 2.45) is 5.10 Å². The number of nitro benzene ring substituents is 1. The van der Waals surface area contributed by atoms with Gasteiger partial charge in [0.1, 0.15) is 0 Å². The number of hydrogen-bond acceptors (Lipinski definition) is 5. The van der Waals surface area contributed by atoms with Crippen molar-refractivity contribution in [1.29, 1.82) is 0 Å². The van der Waals surface area contributed by atoms with Crippen LogP contribution >= 0.6 is 24.0 Å². The number of nitro groups is 1. The summed E-state index contributed by atoms with van der Waals surface area (Å²) in [6, 6.07) is 6.08. The van der Waals surface area contributed by atoms with Crippen LogP contribution in [0, 0.1) is 10.1 Å². The van der Waals surface area contributed by atoms with Gasteiger partial charge in [0.05, 0.1) is 11.1 Å². The molecule has 7 heteroatoms. The molecule has 0 aliphatic carbocycles. The molecule has 0 saturated heterocycles. The number of nitrogens with zero attached hydrogens (tertiary/aromatic N) is 2. The van der Waals surface area contributed by atoms with Crippen molar-refractivity contribution >= 4 is 40.2 Å². The topological polar surface area (TPSA) is 67.5 Å². The minimum Gasteiger partial charge on any atom is -0.262 e. The van der Waals surface area contributed by atoms with Crippen molar-refractivity contribution in [3.8, 4) is 0 Å². The highest BCUT2D eigenvalue weighted by Crippen LogP contribution is 2.10. The fourth-order valence-electron chi connectivity index (χ4n) is 0.887. The number of nitrogens with one attached hydrogen (secondary N) is 1. The summed E-state index contributed by atoms with van der Waals surface area (Å²) in [5, 5.41) is 14.3. The minimum absolute atomic E-state index is 0.0599. The van der Waals surface area contributed by atoms with E-state index < -0.39 is 4.92 Å². The zero-order chi connectivity index (χ0) is 12.0. The van der Waals surface area contributed by atoms with Gasteiger partial charge in [0.2, 0.25) is 0 Å². The third kappa shape index (κ3) is 3.95. The molecule has 1 N–H and O–H groups in total. The molecule has 16 heavy (non-hydrogen) atoms. The molecule has 0 atom stereocenters. The Morgan fingerprint density at radius 3 is 2.69 bits per heavy atom. The van der Waals surface area contributed by atoms with E-state index in [-0.39, 0.29) is 5.69 Å². The molecule has 0 fully saturated rings. The van der Waals surface area contributed by atoms with Gasteiger partial charge in [-0.2, -0.15) is 5.10 Å². The Hall–Kier alpha value is -1.47. The minimum atomic E-state index is -0.442. The Labute approximate surface area is 102 Å². The fourth-order valence-corrected chi connectivity index (χ4v) is 1.08. The summed E-state index contributed by atoms with van der Waals surface area (Å²) in [6.45, 7) is 0. The SMILES string of the molecule is CSC(=S)N/N=C\c1ccc([N+](=O)[O-])cc1. The van der Waals surface area contributed by atoms with Gasteiger partial charge in [-0.15, -0.1) is 0 Å². The number of rotatable bonds is 3. The van der Waals surface area contributed by atoms with Gasteiger partial charge < -0.3 is 0 Å². The van der Waals surface area contributed by atoms with Crippen LogP contribution in [-0.4, -0.2) is 21.7 Å². The zero-order valence-corrected chi connectivity index (χ0v) is 10.0. The van der Waals surface area contributed by atoms with E-state index in [0.29, 0.717) is 4.32 Å². The monoisotopic (exact) mass is 255 g/mol. The highest BCUT2D eigenvalue weighted by Gasteiger charge is 2.02. The van der Waals surface area contributed by atoms with Crippen molar-refractivity contribution in [2.75, 3.05) is 6.26 Å². The lowest BCUT2D eigenvalue weighted by atomic mass is 10.2. The van der Waals surface area contributed by atoms with Gasteiger partial charge >= 0.3 is 0 Å². The maximum Gasteiger partial charge on any atom is 0.269 e. The number of hydrazone groups is 1. The predicted molar refractivity (Wildman–Crippen MR) is 69.9 cm³/mol. The van der Waals surface area contributed by atoms with Crippen LogP contribution in [0.15, 0.2) is 29.4 Å². The highest BCUT2D eigenvalue weighted by molar-refractivity contribution is 8.22. The quantitative estimate of drug-likeness (QED) is 0.388. The second kappa shape index (κ2) is 6.19. The maximum absolute atomic E-state index is 10.4. The van der Waals surface area contributed by atoms with Crippen molar-refractivity contribution in [2.45, 2.75) is 0 Å². The van der Waals surface area contributed by atoms with Gasteiger partial charge in [-0.05, 0) is 24.0 Å². The summed E-state index contributed by atoms with van der Waals surface area (Å²) >= 11 is 6.26. The first-order chi connectivity index (χ1) is 7.63. The number of non-ortho nitro benzene ring substituents is 1. The van der Waals surface area contributed by atoms with Crippen molar-refractivity contribution < 1.29 is 4.92 Å². The third-order valence-electron chi connectivity index (χ3n) is 1.66. The van der Waals surface area contributed by atoms with Gasteiger partial charge in [-0.25, -0.2) is 0 Å². The van der Waals surface area contributed by atoms with Crippen LogP contribution in [0.4, 0.5) is 5.69 Å². The molecule has 0 amide bonds. The molecular formula is C9H9N3O2S2. The fraction of sp³-hybridized carbons (Fsp3) is 0.111. The molecule has 0 radical (unpaired) electrons. The number of thioether (sulfide) groups is 1. The standard InChI is InChI=1S/C9H9N3O2S2/c1-16-9(15)11-10-6-7-2-4-8(5-3-7)12(13)14/h2-6H,1H3,(H,11,15)/b10-6-. The molecule has 5 nitrogen and oxygen atoms in total. The Morgan fingerprint density at radius 1 is 1.56 bits per heavy atom. The molecule has 0 saturated carbocycles. The summed E-state index contributed by atoms with van der Waals surface area (Å²) in [6.07, 6.45) is 3.39. The predicted octanol–water partition coefficient (Wildman–Crippen LogP) is 2.17. The van der Waals surface area contributed by atoms with E-state index in [9.17, 15) is 10.1 Å². The van der Waals surface area contributed by atoms with E-state index in [1.807, 2.05) is 6.26 Å². The van der Waals surface area contributed by atoms with Crippen molar-refractivity contribution in [3.05, 3.63) is 39.9 Å². The van der Waals surface area contributed by atoms with Crippen LogP contribution in [0.25, 0.3) is 0 Å². The number of hydrogen-bond donors (Lipinski definition) is 1. The van der Waals surface area contributed by atoms with Gasteiger partial charge in [0.15, 0.2) is 4.32 Å². The third-order valence-corrected chi connectivity index (χ3v) is 2.71. The smallest absolute Gasteiger partial charge is 0.262 e. The first-order valence-electron chi connectivity index (χ1n) is 4.25. The van der Waals surface area contributed by atoms with Crippen molar-refractivity contribution in [1.82, 2.24) is 5.43 Å². The van der Waals surface area contributed by atoms with Gasteiger partial charge in [-0.3, -0.25) is 15.5 Å². The van der Waals surface area contributed by atoms with E-state index in [1.165, 1.54) is 23.9 Å². The second-order valence-electron chi connectivity index (χ2n) is 2.71.